The molecule has 0 spiro atoms. The van der Waals surface area contributed by atoms with Crippen LogP contribution in [0.25, 0.3) is 0 Å². The first-order valence-electron chi connectivity index (χ1n) is 9.08. The minimum absolute atomic E-state index is 0.0829. The van der Waals surface area contributed by atoms with Gasteiger partial charge in [0.25, 0.3) is 0 Å². The summed E-state index contributed by atoms with van der Waals surface area (Å²) in [4.78, 5) is 37.5. The SMILES string of the molecule is CCCOC(=O)CCNC(=O)N[C@H]1CCN(c2ccc(C=NNO)cc2)C1=O. The zero-order valence-electron chi connectivity index (χ0n) is 15.7. The van der Waals surface area contributed by atoms with E-state index in [2.05, 4.69) is 15.7 Å². The molecule has 0 saturated carbocycles. The van der Waals surface area contributed by atoms with Crippen LogP contribution in [0, 0.1) is 0 Å². The molecule has 0 aromatic heterocycles. The summed E-state index contributed by atoms with van der Waals surface area (Å²) in [6.07, 6.45) is 2.75. The number of carbonyl (C=O) groups is 3. The van der Waals surface area contributed by atoms with Gasteiger partial charge in [-0.05, 0) is 30.5 Å². The van der Waals surface area contributed by atoms with Gasteiger partial charge in [-0.25, -0.2) is 4.79 Å². The van der Waals surface area contributed by atoms with Crippen molar-refractivity contribution >= 4 is 29.8 Å². The Balaban J connectivity index is 1.79. The number of hydrogen-bond donors (Lipinski definition) is 4. The molecular formula is C18H25N5O5. The molecular weight excluding hydrogens is 366 g/mol. The lowest BCUT2D eigenvalue weighted by Crippen LogP contribution is -2.46. The molecule has 28 heavy (non-hydrogen) atoms. The summed E-state index contributed by atoms with van der Waals surface area (Å²) in [5.74, 6) is -0.565. The fourth-order valence-electron chi connectivity index (χ4n) is 2.69. The number of hydrogen-bond acceptors (Lipinski definition) is 7. The number of amides is 3. The highest BCUT2D eigenvalue weighted by Gasteiger charge is 2.33. The minimum Gasteiger partial charge on any atom is -0.466 e. The monoisotopic (exact) mass is 391 g/mol. The Labute approximate surface area is 162 Å². The fraction of sp³-hybridized carbons (Fsp3) is 0.444. The van der Waals surface area contributed by atoms with Crippen LogP contribution in [0.15, 0.2) is 29.4 Å². The van der Waals surface area contributed by atoms with E-state index in [0.717, 1.165) is 12.0 Å². The van der Waals surface area contributed by atoms with Gasteiger partial charge in [-0.15, -0.1) is 0 Å². The van der Waals surface area contributed by atoms with Crippen molar-refractivity contribution in [2.75, 3.05) is 24.6 Å². The van der Waals surface area contributed by atoms with Crippen LogP contribution in [0.4, 0.5) is 10.5 Å². The van der Waals surface area contributed by atoms with Crippen LogP contribution >= 0.6 is 0 Å². The Bertz CT molecular complexity index is 707. The third-order valence-electron chi connectivity index (χ3n) is 4.07. The van der Waals surface area contributed by atoms with Gasteiger partial charge in [-0.2, -0.15) is 10.7 Å². The second-order valence-corrected chi connectivity index (χ2v) is 6.15. The van der Waals surface area contributed by atoms with Gasteiger partial charge in [-0.3, -0.25) is 14.8 Å². The molecule has 3 amide bonds. The predicted octanol–water partition coefficient (Wildman–Crippen LogP) is 0.747. The molecule has 10 heteroatoms. The molecule has 1 saturated heterocycles. The summed E-state index contributed by atoms with van der Waals surface area (Å²) in [6, 6.07) is 5.93. The van der Waals surface area contributed by atoms with E-state index in [4.69, 9.17) is 9.94 Å². The van der Waals surface area contributed by atoms with Crippen LogP contribution in [0.5, 0.6) is 0 Å². The van der Waals surface area contributed by atoms with Crippen LogP contribution in [0.2, 0.25) is 0 Å². The van der Waals surface area contributed by atoms with E-state index in [1.165, 1.54) is 6.21 Å². The smallest absolute Gasteiger partial charge is 0.315 e. The van der Waals surface area contributed by atoms with Crippen LogP contribution in [-0.4, -0.2) is 55.1 Å². The fourth-order valence-corrected chi connectivity index (χ4v) is 2.69. The first-order valence-corrected chi connectivity index (χ1v) is 9.08. The molecule has 4 N–H and O–H groups in total. The molecule has 1 aliphatic rings. The average molecular weight is 391 g/mol. The van der Waals surface area contributed by atoms with E-state index in [-0.39, 0.29) is 24.8 Å². The zero-order chi connectivity index (χ0) is 20.4. The third kappa shape index (κ3) is 6.23. The van der Waals surface area contributed by atoms with Crippen molar-refractivity contribution in [3.63, 3.8) is 0 Å². The topological polar surface area (TPSA) is 132 Å². The number of nitrogens with zero attached hydrogens (tertiary/aromatic N) is 2. The summed E-state index contributed by atoms with van der Waals surface area (Å²) >= 11 is 0. The predicted molar refractivity (Wildman–Crippen MR) is 102 cm³/mol. The first kappa shape index (κ1) is 21.2. The lowest BCUT2D eigenvalue weighted by molar-refractivity contribution is -0.143. The van der Waals surface area contributed by atoms with Gasteiger partial charge < -0.3 is 20.3 Å². The molecule has 1 aromatic carbocycles. The number of nitrogens with one attached hydrogen (secondary N) is 3. The van der Waals surface area contributed by atoms with E-state index in [1.54, 1.807) is 34.8 Å². The number of carbonyl (C=O) groups excluding carboxylic acids is 3. The van der Waals surface area contributed by atoms with Gasteiger partial charge in [0.2, 0.25) is 5.91 Å². The number of esters is 1. The number of urea groups is 1. The van der Waals surface area contributed by atoms with E-state index in [1.807, 2.05) is 6.92 Å². The van der Waals surface area contributed by atoms with Crippen molar-refractivity contribution in [2.45, 2.75) is 32.2 Å². The van der Waals surface area contributed by atoms with Gasteiger partial charge in [0, 0.05) is 18.8 Å². The quantitative estimate of drug-likeness (QED) is 0.279. The van der Waals surface area contributed by atoms with Crippen molar-refractivity contribution in [3.8, 4) is 0 Å². The van der Waals surface area contributed by atoms with Gasteiger partial charge >= 0.3 is 12.0 Å². The molecule has 0 aliphatic carbocycles. The average Bonchev–Trinajstić information content (AvgIpc) is 3.05. The largest absolute Gasteiger partial charge is 0.466 e. The highest BCUT2D eigenvalue weighted by Crippen LogP contribution is 2.21. The highest BCUT2D eigenvalue weighted by atomic mass is 16.5. The summed E-state index contributed by atoms with van der Waals surface area (Å²) in [7, 11) is 0. The summed E-state index contributed by atoms with van der Waals surface area (Å²) in [6.45, 7) is 2.89. The lowest BCUT2D eigenvalue weighted by Gasteiger charge is -2.17. The molecule has 1 heterocycles. The van der Waals surface area contributed by atoms with Crippen molar-refractivity contribution in [3.05, 3.63) is 29.8 Å². The molecule has 10 nitrogen and oxygen atoms in total. The Morgan fingerprint density at radius 1 is 1.36 bits per heavy atom. The van der Waals surface area contributed by atoms with E-state index >= 15 is 0 Å². The van der Waals surface area contributed by atoms with Crippen LogP contribution < -0.4 is 21.1 Å². The Kier molecular flexibility index (Phi) is 8.22. The van der Waals surface area contributed by atoms with E-state index < -0.39 is 12.1 Å². The van der Waals surface area contributed by atoms with Crippen molar-refractivity contribution < 1.29 is 24.3 Å². The van der Waals surface area contributed by atoms with Crippen LogP contribution in [0.1, 0.15) is 31.7 Å². The van der Waals surface area contributed by atoms with Crippen molar-refractivity contribution in [1.82, 2.24) is 16.2 Å². The number of ether oxygens (including phenoxy) is 1. The Morgan fingerprint density at radius 2 is 2.11 bits per heavy atom. The Hall–Kier alpha value is -3.14. The normalized spacial score (nSPS) is 16.3. The summed E-state index contributed by atoms with van der Waals surface area (Å²) in [5.41, 5.74) is 3.14. The van der Waals surface area contributed by atoms with Crippen LogP contribution in [0.3, 0.4) is 0 Å². The molecule has 1 atom stereocenters. The second kappa shape index (κ2) is 10.9. The molecule has 1 fully saturated rings. The van der Waals surface area contributed by atoms with Crippen molar-refractivity contribution in [1.29, 1.82) is 0 Å². The lowest BCUT2D eigenvalue weighted by atomic mass is 10.2. The first-order chi connectivity index (χ1) is 13.5. The maximum atomic E-state index is 12.5. The third-order valence-corrected chi connectivity index (χ3v) is 4.07. The molecule has 1 aliphatic heterocycles. The highest BCUT2D eigenvalue weighted by molar-refractivity contribution is 6.01. The maximum absolute atomic E-state index is 12.5. The minimum atomic E-state index is -0.619. The van der Waals surface area contributed by atoms with E-state index in [9.17, 15) is 14.4 Å². The van der Waals surface area contributed by atoms with Gasteiger partial charge in [0.05, 0.1) is 19.2 Å². The van der Waals surface area contributed by atoms with Crippen molar-refractivity contribution in [2.24, 2.45) is 5.10 Å². The molecule has 152 valence electrons. The number of benzene rings is 1. The number of rotatable bonds is 9. The van der Waals surface area contributed by atoms with Gasteiger partial charge in [0.15, 0.2) is 0 Å². The van der Waals surface area contributed by atoms with Crippen LogP contribution in [-0.2, 0) is 14.3 Å². The summed E-state index contributed by atoms with van der Waals surface area (Å²) < 4.78 is 4.92. The standard InChI is InChI=1S/C18H25N5O5/c1-2-11-28-16(24)7-9-19-18(26)21-15-8-10-23(17(15)25)14-5-3-13(4-6-14)12-20-22-27/h3-6,12,15,22,27H,2,7-11H2,1H3,(H2,19,21,26)/t15-/m0/s1. The molecule has 0 radical (unpaired) electrons. The molecule has 0 unspecified atom stereocenters. The summed E-state index contributed by atoms with van der Waals surface area (Å²) in [5, 5.41) is 17.1. The second-order valence-electron chi connectivity index (χ2n) is 6.15. The molecule has 2 rings (SSSR count). The number of anilines is 1. The number of hydrazone groups is 1. The van der Waals surface area contributed by atoms with E-state index in [0.29, 0.717) is 25.3 Å². The van der Waals surface area contributed by atoms with Gasteiger partial charge in [-0.1, -0.05) is 19.1 Å². The zero-order valence-corrected chi connectivity index (χ0v) is 15.7. The molecule has 1 aromatic rings. The Morgan fingerprint density at radius 3 is 2.79 bits per heavy atom. The van der Waals surface area contributed by atoms with Gasteiger partial charge in [0.1, 0.15) is 6.04 Å². The maximum Gasteiger partial charge on any atom is 0.315 e. The molecule has 0 bridgehead atoms.